The summed E-state index contributed by atoms with van der Waals surface area (Å²) in [5, 5.41) is 14.0. The van der Waals surface area contributed by atoms with Gasteiger partial charge in [0.1, 0.15) is 5.69 Å². The fourth-order valence-electron chi connectivity index (χ4n) is 1.60. The minimum absolute atomic E-state index is 0.130. The maximum atomic E-state index is 10.9. The summed E-state index contributed by atoms with van der Waals surface area (Å²) in [6, 6.07) is 5.57. The molecule has 2 unspecified atom stereocenters. The van der Waals surface area contributed by atoms with E-state index in [0.29, 0.717) is 11.3 Å². The van der Waals surface area contributed by atoms with Gasteiger partial charge in [-0.25, -0.2) is 0 Å². The van der Waals surface area contributed by atoms with Gasteiger partial charge >= 0.3 is 0 Å². The van der Waals surface area contributed by atoms with Gasteiger partial charge in [-0.05, 0) is 19.4 Å². The molecule has 0 saturated heterocycles. The van der Waals surface area contributed by atoms with Crippen molar-refractivity contribution in [3.63, 3.8) is 0 Å². The molecule has 0 aromatic heterocycles. The second kappa shape index (κ2) is 3.51. The largest absolute Gasteiger partial charge is 0.375 e. The lowest BCUT2D eigenvalue weighted by atomic mass is 10.1. The van der Waals surface area contributed by atoms with Gasteiger partial charge in [-0.2, -0.15) is 0 Å². The Kier molecular flexibility index (Phi) is 2.32. The number of rotatable bonds is 3. The zero-order valence-corrected chi connectivity index (χ0v) is 8.43. The molecule has 1 aliphatic carbocycles. The van der Waals surface area contributed by atoms with Crippen LogP contribution in [0.15, 0.2) is 18.2 Å². The summed E-state index contributed by atoms with van der Waals surface area (Å²) in [6.07, 6.45) is 0.880. The van der Waals surface area contributed by atoms with E-state index in [1.54, 1.807) is 25.1 Å². The highest BCUT2D eigenvalue weighted by atomic mass is 16.6. The van der Waals surface area contributed by atoms with Crippen LogP contribution in [0.5, 0.6) is 0 Å². The van der Waals surface area contributed by atoms with E-state index in [1.807, 2.05) is 0 Å². The molecular formula is C10H13N3O2. The van der Waals surface area contributed by atoms with E-state index in [2.05, 4.69) is 5.32 Å². The number of aryl methyl sites for hydroxylation is 1. The van der Waals surface area contributed by atoms with Gasteiger partial charge in [0.15, 0.2) is 0 Å². The normalized spacial score (nSPS) is 23.6. The molecule has 0 amide bonds. The molecule has 0 aliphatic heterocycles. The van der Waals surface area contributed by atoms with Gasteiger partial charge in [0.2, 0.25) is 0 Å². The summed E-state index contributed by atoms with van der Waals surface area (Å²) < 4.78 is 0. The predicted molar refractivity (Wildman–Crippen MR) is 57.8 cm³/mol. The Morgan fingerprint density at radius 2 is 2.27 bits per heavy atom. The van der Waals surface area contributed by atoms with Crippen LogP contribution >= 0.6 is 0 Å². The third-order valence-corrected chi connectivity index (χ3v) is 2.60. The molecule has 1 saturated carbocycles. The van der Waals surface area contributed by atoms with Gasteiger partial charge < -0.3 is 11.1 Å². The highest BCUT2D eigenvalue weighted by Crippen LogP contribution is 2.32. The monoisotopic (exact) mass is 207 g/mol. The lowest BCUT2D eigenvalue weighted by Gasteiger charge is -2.07. The van der Waals surface area contributed by atoms with Crippen molar-refractivity contribution in [2.24, 2.45) is 5.73 Å². The maximum absolute atomic E-state index is 10.9. The van der Waals surface area contributed by atoms with Crippen LogP contribution < -0.4 is 11.1 Å². The molecule has 2 rings (SSSR count). The standard InChI is InChI=1S/C10H13N3O2/c1-6-3-2-4-8(10(6)13(14)15)12-9-5-7(9)11/h2-4,7,9,12H,5,11H2,1H3. The fraction of sp³-hybridized carbons (Fsp3) is 0.400. The summed E-state index contributed by atoms with van der Waals surface area (Å²) in [5.74, 6) is 0. The van der Waals surface area contributed by atoms with Gasteiger partial charge in [0, 0.05) is 17.6 Å². The van der Waals surface area contributed by atoms with E-state index in [0.717, 1.165) is 6.42 Å². The Bertz CT molecular complexity index is 406. The second-order valence-electron chi connectivity index (χ2n) is 3.88. The molecule has 0 radical (unpaired) electrons. The van der Waals surface area contributed by atoms with Crippen LogP contribution in [0.2, 0.25) is 0 Å². The van der Waals surface area contributed by atoms with Crippen LogP contribution in [0, 0.1) is 17.0 Å². The van der Waals surface area contributed by atoms with Crippen LogP contribution in [-0.2, 0) is 0 Å². The number of nitro benzene ring substituents is 1. The van der Waals surface area contributed by atoms with Crippen molar-refractivity contribution in [1.29, 1.82) is 0 Å². The van der Waals surface area contributed by atoms with Gasteiger partial charge in [-0.3, -0.25) is 10.1 Å². The number of nitro groups is 1. The molecule has 3 N–H and O–H groups in total. The first-order chi connectivity index (χ1) is 7.09. The first kappa shape index (κ1) is 9.92. The van der Waals surface area contributed by atoms with Gasteiger partial charge in [-0.15, -0.1) is 0 Å². The molecule has 80 valence electrons. The van der Waals surface area contributed by atoms with Crippen molar-refractivity contribution in [2.75, 3.05) is 5.32 Å². The molecule has 5 heteroatoms. The lowest BCUT2D eigenvalue weighted by Crippen LogP contribution is -2.14. The average molecular weight is 207 g/mol. The topological polar surface area (TPSA) is 81.2 Å². The quantitative estimate of drug-likeness (QED) is 0.580. The Morgan fingerprint density at radius 1 is 1.60 bits per heavy atom. The van der Waals surface area contributed by atoms with Gasteiger partial charge in [0.25, 0.3) is 5.69 Å². The first-order valence-corrected chi connectivity index (χ1v) is 4.85. The molecule has 0 heterocycles. The summed E-state index contributed by atoms with van der Waals surface area (Å²) >= 11 is 0. The average Bonchev–Trinajstić information content (AvgIpc) is 2.81. The predicted octanol–water partition coefficient (Wildman–Crippen LogP) is 1.41. The number of benzene rings is 1. The fourth-order valence-corrected chi connectivity index (χ4v) is 1.60. The highest BCUT2D eigenvalue weighted by Gasteiger charge is 2.34. The van der Waals surface area contributed by atoms with Crippen molar-refractivity contribution in [1.82, 2.24) is 0 Å². The highest BCUT2D eigenvalue weighted by molar-refractivity contribution is 5.66. The lowest BCUT2D eigenvalue weighted by molar-refractivity contribution is -0.384. The van der Waals surface area contributed by atoms with Crippen LogP contribution in [-0.4, -0.2) is 17.0 Å². The van der Waals surface area contributed by atoms with Gasteiger partial charge in [0.05, 0.1) is 4.92 Å². The van der Waals surface area contributed by atoms with Crippen LogP contribution in [0.4, 0.5) is 11.4 Å². The van der Waals surface area contributed by atoms with E-state index in [9.17, 15) is 10.1 Å². The Hall–Kier alpha value is -1.62. The maximum Gasteiger partial charge on any atom is 0.295 e. The Labute approximate surface area is 87.4 Å². The molecule has 2 atom stereocenters. The van der Waals surface area contributed by atoms with E-state index in [-0.39, 0.29) is 22.7 Å². The summed E-state index contributed by atoms with van der Waals surface area (Å²) in [6.45, 7) is 1.73. The van der Waals surface area contributed by atoms with E-state index in [1.165, 1.54) is 0 Å². The molecule has 1 fully saturated rings. The van der Waals surface area contributed by atoms with Crippen LogP contribution in [0.3, 0.4) is 0 Å². The van der Waals surface area contributed by atoms with Crippen molar-refractivity contribution in [2.45, 2.75) is 25.4 Å². The number of nitrogens with two attached hydrogens (primary N) is 1. The van der Waals surface area contributed by atoms with Crippen LogP contribution in [0.1, 0.15) is 12.0 Å². The zero-order valence-electron chi connectivity index (χ0n) is 8.43. The van der Waals surface area contributed by atoms with Crippen molar-refractivity contribution in [3.8, 4) is 0 Å². The summed E-state index contributed by atoms with van der Waals surface area (Å²) in [4.78, 5) is 10.5. The molecular weight excluding hydrogens is 194 g/mol. The third kappa shape index (κ3) is 1.92. The van der Waals surface area contributed by atoms with Gasteiger partial charge in [-0.1, -0.05) is 12.1 Å². The number of hydrogen-bond donors (Lipinski definition) is 2. The number of para-hydroxylation sites is 1. The van der Waals surface area contributed by atoms with E-state index < -0.39 is 0 Å². The van der Waals surface area contributed by atoms with E-state index in [4.69, 9.17) is 5.73 Å². The SMILES string of the molecule is Cc1cccc(NC2CC2N)c1[N+](=O)[O-]. The number of nitrogens with one attached hydrogen (secondary N) is 1. The summed E-state index contributed by atoms with van der Waals surface area (Å²) in [5.41, 5.74) is 7.03. The Morgan fingerprint density at radius 3 is 2.80 bits per heavy atom. The van der Waals surface area contributed by atoms with Crippen molar-refractivity contribution >= 4 is 11.4 Å². The Balaban J connectivity index is 2.29. The number of nitrogens with zero attached hydrogens (tertiary/aromatic N) is 1. The van der Waals surface area contributed by atoms with E-state index >= 15 is 0 Å². The number of hydrogen-bond acceptors (Lipinski definition) is 4. The first-order valence-electron chi connectivity index (χ1n) is 4.85. The summed E-state index contributed by atoms with van der Waals surface area (Å²) in [7, 11) is 0. The molecule has 0 spiro atoms. The molecule has 0 bridgehead atoms. The number of anilines is 1. The molecule has 15 heavy (non-hydrogen) atoms. The van der Waals surface area contributed by atoms with Crippen molar-refractivity contribution in [3.05, 3.63) is 33.9 Å². The smallest absolute Gasteiger partial charge is 0.295 e. The second-order valence-corrected chi connectivity index (χ2v) is 3.88. The molecule has 1 aromatic carbocycles. The zero-order chi connectivity index (χ0) is 11.0. The molecule has 1 aliphatic rings. The van der Waals surface area contributed by atoms with Crippen LogP contribution in [0.25, 0.3) is 0 Å². The molecule has 5 nitrogen and oxygen atoms in total. The third-order valence-electron chi connectivity index (χ3n) is 2.60. The minimum atomic E-state index is -0.356. The van der Waals surface area contributed by atoms with Crippen molar-refractivity contribution < 1.29 is 4.92 Å². The minimum Gasteiger partial charge on any atom is -0.375 e. The molecule has 1 aromatic rings.